The van der Waals surface area contributed by atoms with E-state index in [2.05, 4.69) is 15.3 Å². The van der Waals surface area contributed by atoms with Gasteiger partial charge in [-0.1, -0.05) is 11.3 Å². The molecular formula is C14H13N3O2S2. The maximum absolute atomic E-state index is 12.2. The molecule has 5 nitrogen and oxygen atoms in total. The minimum Gasteiger partial charge on any atom is -0.381 e. The Bertz CT molecular complexity index is 805. The Balaban J connectivity index is 1.62. The van der Waals surface area contributed by atoms with E-state index in [0.29, 0.717) is 11.7 Å². The fourth-order valence-corrected chi connectivity index (χ4v) is 4.24. The van der Waals surface area contributed by atoms with Gasteiger partial charge in [-0.3, -0.25) is 4.79 Å². The number of rotatable bonds is 2. The first kappa shape index (κ1) is 13.1. The standard InChI is InChI=1S/C14H13N3O2S2/c18-13(8-2-1-5-19-6-8)17-14-16-9-3-4-10-11(12(9)21-14)15-7-20-10/h3-4,7-8H,1-2,5-6H2,(H,16,17,18). The highest BCUT2D eigenvalue weighted by molar-refractivity contribution is 7.24. The SMILES string of the molecule is O=C(Nc1nc2ccc3scnc3c2s1)C1CCCOC1. The fourth-order valence-electron chi connectivity index (χ4n) is 2.52. The molecule has 1 aromatic carbocycles. The second-order valence-electron chi connectivity index (χ2n) is 5.04. The summed E-state index contributed by atoms with van der Waals surface area (Å²) in [5.41, 5.74) is 3.69. The van der Waals surface area contributed by atoms with E-state index in [9.17, 15) is 4.79 Å². The summed E-state index contributed by atoms with van der Waals surface area (Å²) < 4.78 is 7.54. The lowest BCUT2D eigenvalue weighted by Crippen LogP contribution is -2.30. The van der Waals surface area contributed by atoms with Crippen molar-refractivity contribution in [2.75, 3.05) is 18.5 Å². The number of fused-ring (bicyclic) bond motifs is 3. The maximum Gasteiger partial charge on any atom is 0.231 e. The third kappa shape index (κ3) is 2.41. The maximum atomic E-state index is 12.2. The number of ether oxygens (including phenoxy) is 1. The molecule has 0 bridgehead atoms. The predicted molar refractivity (Wildman–Crippen MR) is 85.0 cm³/mol. The lowest BCUT2D eigenvalue weighted by atomic mass is 10.0. The van der Waals surface area contributed by atoms with Crippen LogP contribution < -0.4 is 5.32 Å². The molecular weight excluding hydrogens is 306 g/mol. The summed E-state index contributed by atoms with van der Waals surface area (Å²) in [6.07, 6.45) is 1.82. The number of carbonyl (C=O) groups excluding carboxylic acids is 1. The number of amides is 1. The van der Waals surface area contributed by atoms with Gasteiger partial charge in [0.1, 0.15) is 5.52 Å². The number of hydrogen-bond acceptors (Lipinski definition) is 6. The Morgan fingerprint density at radius 2 is 2.38 bits per heavy atom. The molecule has 1 saturated heterocycles. The quantitative estimate of drug-likeness (QED) is 0.787. The molecule has 1 unspecified atom stereocenters. The molecule has 7 heteroatoms. The van der Waals surface area contributed by atoms with E-state index in [1.807, 2.05) is 17.6 Å². The first-order valence-corrected chi connectivity index (χ1v) is 8.52. The molecule has 1 N–H and O–H groups in total. The lowest BCUT2D eigenvalue weighted by molar-refractivity contribution is -0.123. The van der Waals surface area contributed by atoms with Crippen molar-refractivity contribution >= 4 is 54.1 Å². The molecule has 108 valence electrons. The van der Waals surface area contributed by atoms with Crippen molar-refractivity contribution in [2.24, 2.45) is 5.92 Å². The zero-order valence-electron chi connectivity index (χ0n) is 11.2. The van der Waals surface area contributed by atoms with Crippen LogP contribution in [0.4, 0.5) is 5.13 Å². The van der Waals surface area contributed by atoms with Gasteiger partial charge in [0, 0.05) is 6.61 Å². The normalized spacial score (nSPS) is 19.1. The molecule has 0 saturated carbocycles. The van der Waals surface area contributed by atoms with Gasteiger partial charge in [0.05, 0.1) is 33.0 Å². The van der Waals surface area contributed by atoms with Crippen LogP contribution in [0.5, 0.6) is 0 Å². The molecule has 0 aliphatic carbocycles. The van der Waals surface area contributed by atoms with Crippen molar-refractivity contribution < 1.29 is 9.53 Å². The van der Waals surface area contributed by atoms with Crippen LogP contribution in [0.1, 0.15) is 12.8 Å². The van der Waals surface area contributed by atoms with Gasteiger partial charge >= 0.3 is 0 Å². The van der Waals surface area contributed by atoms with Crippen LogP contribution in [0.25, 0.3) is 20.4 Å². The van der Waals surface area contributed by atoms with Gasteiger partial charge < -0.3 is 10.1 Å². The highest BCUT2D eigenvalue weighted by Gasteiger charge is 2.23. The molecule has 1 aliphatic heterocycles. The Morgan fingerprint density at radius 3 is 3.24 bits per heavy atom. The highest BCUT2D eigenvalue weighted by atomic mass is 32.1. The van der Waals surface area contributed by atoms with Gasteiger partial charge in [0.15, 0.2) is 5.13 Å². The number of anilines is 1. The summed E-state index contributed by atoms with van der Waals surface area (Å²) in [7, 11) is 0. The first-order chi connectivity index (χ1) is 10.3. The van der Waals surface area contributed by atoms with Crippen molar-refractivity contribution in [2.45, 2.75) is 12.8 Å². The van der Waals surface area contributed by atoms with E-state index in [0.717, 1.165) is 39.9 Å². The summed E-state index contributed by atoms with van der Waals surface area (Å²) in [5, 5.41) is 3.56. The Kier molecular flexibility index (Phi) is 3.33. The van der Waals surface area contributed by atoms with Gasteiger partial charge in [-0.05, 0) is 25.0 Å². The minimum absolute atomic E-state index is 0.00304. The third-order valence-corrected chi connectivity index (χ3v) is 5.40. The number of nitrogens with one attached hydrogen (secondary N) is 1. The molecule has 3 heterocycles. The fraction of sp³-hybridized carbons (Fsp3) is 0.357. The minimum atomic E-state index is -0.0648. The molecule has 0 spiro atoms. The van der Waals surface area contributed by atoms with Crippen molar-refractivity contribution in [1.29, 1.82) is 0 Å². The van der Waals surface area contributed by atoms with Crippen LogP contribution in [0.2, 0.25) is 0 Å². The summed E-state index contributed by atoms with van der Waals surface area (Å²) in [6, 6.07) is 4.00. The monoisotopic (exact) mass is 319 g/mol. The first-order valence-electron chi connectivity index (χ1n) is 6.82. The van der Waals surface area contributed by atoms with Crippen LogP contribution in [0, 0.1) is 5.92 Å². The van der Waals surface area contributed by atoms with Gasteiger partial charge in [-0.15, -0.1) is 11.3 Å². The van der Waals surface area contributed by atoms with Crippen molar-refractivity contribution in [1.82, 2.24) is 9.97 Å². The van der Waals surface area contributed by atoms with Crippen molar-refractivity contribution in [3.05, 3.63) is 17.6 Å². The zero-order chi connectivity index (χ0) is 14.2. The van der Waals surface area contributed by atoms with E-state index in [-0.39, 0.29) is 11.8 Å². The van der Waals surface area contributed by atoms with Crippen LogP contribution in [0.3, 0.4) is 0 Å². The van der Waals surface area contributed by atoms with Crippen LogP contribution in [0.15, 0.2) is 17.6 Å². The topological polar surface area (TPSA) is 64.1 Å². The average molecular weight is 319 g/mol. The van der Waals surface area contributed by atoms with Gasteiger partial charge in [-0.25, -0.2) is 9.97 Å². The molecule has 21 heavy (non-hydrogen) atoms. The molecule has 1 fully saturated rings. The third-order valence-electron chi connectivity index (χ3n) is 3.62. The van der Waals surface area contributed by atoms with E-state index in [1.54, 1.807) is 11.3 Å². The Morgan fingerprint density at radius 1 is 1.43 bits per heavy atom. The molecule has 1 amide bonds. The zero-order valence-corrected chi connectivity index (χ0v) is 12.8. The molecule has 1 aliphatic rings. The molecule has 3 aromatic rings. The Hall–Kier alpha value is -1.57. The van der Waals surface area contributed by atoms with E-state index < -0.39 is 0 Å². The van der Waals surface area contributed by atoms with Gasteiger partial charge in [0.25, 0.3) is 0 Å². The van der Waals surface area contributed by atoms with E-state index in [4.69, 9.17) is 4.74 Å². The lowest BCUT2D eigenvalue weighted by Gasteiger charge is -2.20. The largest absolute Gasteiger partial charge is 0.381 e. The van der Waals surface area contributed by atoms with Gasteiger partial charge in [-0.2, -0.15) is 0 Å². The summed E-state index contributed by atoms with van der Waals surface area (Å²) in [5.74, 6) is -0.0617. The van der Waals surface area contributed by atoms with Crippen molar-refractivity contribution in [3.63, 3.8) is 0 Å². The average Bonchev–Trinajstić information content (AvgIpc) is 3.12. The van der Waals surface area contributed by atoms with Gasteiger partial charge in [0.2, 0.25) is 5.91 Å². The summed E-state index contributed by atoms with van der Waals surface area (Å²) in [6.45, 7) is 1.26. The van der Waals surface area contributed by atoms with Crippen molar-refractivity contribution in [3.8, 4) is 0 Å². The molecule has 1 atom stereocenters. The summed E-state index contributed by atoms with van der Waals surface area (Å²) in [4.78, 5) is 21.1. The van der Waals surface area contributed by atoms with E-state index in [1.165, 1.54) is 11.3 Å². The number of carbonyl (C=O) groups is 1. The second kappa shape index (κ2) is 5.32. The second-order valence-corrected chi connectivity index (χ2v) is 6.92. The number of hydrogen-bond donors (Lipinski definition) is 1. The predicted octanol–water partition coefficient (Wildman–Crippen LogP) is 3.27. The number of aromatic nitrogens is 2. The Labute approximate surface area is 129 Å². The molecule has 4 rings (SSSR count). The molecule has 0 radical (unpaired) electrons. The number of thiazole rings is 2. The highest BCUT2D eigenvalue weighted by Crippen LogP contribution is 2.33. The van der Waals surface area contributed by atoms with Crippen LogP contribution >= 0.6 is 22.7 Å². The van der Waals surface area contributed by atoms with E-state index >= 15 is 0 Å². The van der Waals surface area contributed by atoms with Crippen LogP contribution in [-0.2, 0) is 9.53 Å². The summed E-state index contributed by atoms with van der Waals surface area (Å²) >= 11 is 3.10. The number of benzene rings is 1. The smallest absolute Gasteiger partial charge is 0.231 e. The molecule has 2 aromatic heterocycles. The van der Waals surface area contributed by atoms with Crippen LogP contribution in [-0.4, -0.2) is 29.1 Å². The number of nitrogens with zero attached hydrogens (tertiary/aromatic N) is 2.